The van der Waals surface area contributed by atoms with Gasteiger partial charge in [0.25, 0.3) is 5.91 Å². The van der Waals surface area contributed by atoms with Crippen LogP contribution in [0, 0.1) is 5.92 Å². The first-order valence-electron chi connectivity index (χ1n) is 8.87. The molecule has 5 nitrogen and oxygen atoms in total. The Morgan fingerprint density at radius 2 is 1.74 bits per heavy atom. The van der Waals surface area contributed by atoms with E-state index in [0.29, 0.717) is 6.54 Å². The Balaban J connectivity index is 1.47. The summed E-state index contributed by atoms with van der Waals surface area (Å²) in [4.78, 5) is 24.7. The molecule has 134 valence electrons. The highest BCUT2D eigenvalue weighted by atomic mass is 16.2. The summed E-state index contributed by atoms with van der Waals surface area (Å²) < 4.78 is 0. The number of hydrogen-bond acceptors (Lipinski definition) is 3. The first-order chi connectivity index (χ1) is 13.2. The van der Waals surface area contributed by atoms with E-state index in [-0.39, 0.29) is 11.8 Å². The van der Waals surface area contributed by atoms with E-state index in [9.17, 15) is 9.59 Å². The van der Waals surface area contributed by atoms with E-state index >= 15 is 0 Å². The minimum absolute atomic E-state index is 0.186. The molecule has 0 aromatic heterocycles. The summed E-state index contributed by atoms with van der Waals surface area (Å²) in [5, 5.41) is 9.08. The van der Waals surface area contributed by atoms with Gasteiger partial charge in [0.05, 0.1) is 6.21 Å². The molecule has 2 amide bonds. The molecule has 5 heteroatoms. The normalized spacial score (nSPS) is 19.3. The van der Waals surface area contributed by atoms with Crippen molar-refractivity contribution in [2.75, 3.05) is 6.54 Å². The standard InChI is InChI=1S/C22H19N3O2/c26-21-20(19(14-23-21)17-7-2-1-3-8-17)22(27)25-24-13-15-10-11-16-6-4-5-9-18(16)12-15/h1-13,19-20H,14H2,(H,23,26)(H,25,27)/t19-,20+/m0/s1. The Morgan fingerprint density at radius 1 is 1.00 bits per heavy atom. The molecule has 0 aliphatic carbocycles. The van der Waals surface area contributed by atoms with Crippen molar-refractivity contribution in [3.05, 3.63) is 83.9 Å². The number of nitrogens with one attached hydrogen (secondary N) is 2. The van der Waals surface area contributed by atoms with Crippen LogP contribution in [0.4, 0.5) is 0 Å². The maximum atomic E-state index is 12.6. The van der Waals surface area contributed by atoms with Crippen LogP contribution in [0.5, 0.6) is 0 Å². The molecule has 3 aromatic rings. The molecular weight excluding hydrogens is 338 g/mol. The largest absolute Gasteiger partial charge is 0.355 e. The molecule has 27 heavy (non-hydrogen) atoms. The van der Waals surface area contributed by atoms with Crippen molar-refractivity contribution in [3.63, 3.8) is 0 Å². The van der Waals surface area contributed by atoms with Crippen LogP contribution >= 0.6 is 0 Å². The smallest absolute Gasteiger partial charge is 0.253 e. The van der Waals surface area contributed by atoms with Gasteiger partial charge in [-0.25, -0.2) is 5.43 Å². The van der Waals surface area contributed by atoms with Crippen molar-refractivity contribution in [2.24, 2.45) is 11.0 Å². The van der Waals surface area contributed by atoms with Crippen molar-refractivity contribution in [1.82, 2.24) is 10.7 Å². The number of nitrogens with zero attached hydrogens (tertiary/aromatic N) is 1. The molecule has 0 spiro atoms. The number of hydrazone groups is 1. The fourth-order valence-electron chi connectivity index (χ4n) is 3.46. The van der Waals surface area contributed by atoms with Gasteiger partial charge >= 0.3 is 0 Å². The van der Waals surface area contributed by atoms with Crippen LogP contribution in [-0.4, -0.2) is 24.6 Å². The molecule has 3 aromatic carbocycles. The van der Waals surface area contributed by atoms with Crippen LogP contribution in [0.15, 0.2) is 77.9 Å². The molecule has 0 saturated carbocycles. The highest BCUT2D eigenvalue weighted by Gasteiger charge is 2.40. The van der Waals surface area contributed by atoms with Crippen LogP contribution in [0.1, 0.15) is 17.0 Å². The van der Waals surface area contributed by atoms with Crippen LogP contribution < -0.4 is 10.7 Å². The highest BCUT2D eigenvalue weighted by molar-refractivity contribution is 6.03. The Labute approximate surface area is 157 Å². The summed E-state index contributed by atoms with van der Waals surface area (Å²) in [6.45, 7) is 0.454. The molecule has 2 N–H and O–H groups in total. The molecule has 4 rings (SSSR count). The quantitative estimate of drug-likeness (QED) is 0.428. The lowest BCUT2D eigenvalue weighted by atomic mass is 9.88. The first-order valence-corrected chi connectivity index (χ1v) is 8.87. The predicted molar refractivity (Wildman–Crippen MR) is 105 cm³/mol. The van der Waals surface area contributed by atoms with Crippen LogP contribution in [0.3, 0.4) is 0 Å². The van der Waals surface area contributed by atoms with Crippen LogP contribution in [0.2, 0.25) is 0 Å². The van der Waals surface area contributed by atoms with E-state index in [1.54, 1.807) is 6.21 Å². The zero-order valence-electron chi connectivity index (χ0n) is 14.6. The molecule has 0 unspecified atom stereocenters. The first kappa shape index (κ1) is 17.0. The maximum absolute atomic E-state index is 12.6. The number of benzene rings is 3. The van der Waals surface area contributed by atoms with Gasteiger partial charge < -0.3 is 5.32 Å². The Kier molecular flexibility index (Phi) is 4.66. The number of amides is 2. The van der Waals surface area contributed by atoms with Crippen molar-refractivity contribution < 1.29 is 9.59 Å². The zero-order chi connectivity index (χ0) is 18.6. The molecule has 1 heterocycles. The average Bonchev–Trinajstić information content (AvgIpc) is 3.10. The Bertz CT molecular complexity index is 1010. The van der Waals surface area contributed by atoms with Gasteiger partial charge in [-0.1, -0.05) is 66.7 Å². The maximum Gasteiger partial charge on any atom is 0.253 e. The topological polar surface area (TPSA) is 70.6 Å². The van der Waals surface area contributed by atoms with Gasteiger partial charge in [0.15, 0.2) is 0 Å². The SMILES string of the molecule is O=C1NC[C@@H](c2ccccc2)[C@H]1C(=O)NN=Cc1ccc2ccccc2c1. The van der Waals surface area contributed by atoms with E-state index in [2.05, 4.69) is 15.8 Å². The summed E-state index contributed by atoms with van der Waals surface area (Å²) in [6, 6.07) is 23.6. The summed E-state index contributed by atoms with van der Waals surface area (Å²) in [5.41, 5.74) is 4.37. The van der Waals surface area contributed by atoms with Gasteiger partial charge in [-0.05, 0) is 28.0 Å². The van der Waals surface area contributed by atoms with Crippen molar-refractivity contribution in [1.29, 1.82) is 0 Å². The van der Waals surface area contributed by atoms with Crippen molar-refractivity contribution in [2.45, 2.75) is 5.92 Å². The minimum Gasteiger partial charge on any atom is -0.355 e. The number of carbonyl (C=O) groups is 2. The fourth-order valence-corrected chi connectivity index (χ4v) is 3.46. The van der Waals surface area contributed by atoms with E-state index in [4.69, 9.17) is 0 Å². The summed E-state index contributed by atoms with van der Waals surface area (Å²) in [7, 11) is 0. The fraction of sp³-hybridized carbons (Fsp3) is 0.136. The second kappa shape index (κ2) is 7.41. The molecule has 1 fully saturated rings. The second-order valence-corrected chi connectivity index (χ2v) is 6.58. The van der Waals surface area contributed by atoms with Gasteiger partial charge in [-0.2, -0.15) is 5.10 Å². The molecule has 0 radical (unpaired) electrons. The number of carbonyl (C=O) groups excluding carboxylic acids is 2. The molecular formula is C22H19N3O2. The van der Waals surface area contributed by atoms with Gasteiger partial charge in [-0.3, -0.25) is 9.59 Å². The second-order valence-electron chi connectivity index (χ2n) is 6.58. The Hall–Kier alpha value is -3.47. The van der Waals surface area contributed by atoms with E-state index in [0.717, 1.165) is 21.9 Å². The predicted octanol–water partition coefficient (Wildman–Crippen LogP) is 2.82. The van der Waals surface area contributed by atoms with Crippen LogP contribution in [0.25, 0.3) is 10.8 Å². The number of hydrogen-bond donors (Lipinski definition) is 2. The van der Waals surface area contributed by atoms with E-state index in [1.165, 1.54) is 0 Å². The minimum atomic E-state index is -0.777. The Morgan fingerprint density at radius 3 is 2.56 bits per heavy atom. The van der Waals surface area contributed by atoms with Gasteiger partial charge in [-0.15, -0.1) is 0 Å². The summed E-state index contributed by atoms with van der Waals surface area (Å²) in [5.74, 6) is -1.62. The third-order valence-electron chi connectivity index (χ3n) is 4.85. The van der Waals surface area contributed by atoms with Gasteiger partial charge in [0.2, 0.25) is 5.91 Å². The third kappa shape index (κ3) is 3.58. The van der Waals surface area contributed by atoms with Gasteiger partial charge in [0, 0.05) is 12.5 Å². The van der Waals surface area contributed by atoms with Crippen molar-refractivity contribution in [3.8, 4) is 0 Å². The summed E-state index contributed by atoms with van der Waals surface area (Å²) >= 11 is 0. The number of rotatable bonds is 4. The lowest BCUT2D eigenvalue weighted by molar-refractivity contribution is -0.133. The monoisotopic (exact) mass is 357 g/mol. The highest BCUT2D eigenvalue weighted by Crippen LogP contribution is 2.29. The summed E-state index contributed by atoms with van der Waals surface area (Å²) in [6.07, 6.45) is 1.59. The molecule has 0 bridgehead atoms. The zero-order valence-corrected chi connectivity index (χ0v) is 14.6. The molecule has 1 aliphatic heterocycles. The van der Waals surface area contributed by atoms with Crippen LogP contribution in [-0.2, 0) is 9.59 Å². The number of fused-ring (bicyclic) bond motifs is 1. The third-order valence-corrected chi connectivity index (χ3v) is 4.85. The molecule has 1 saturated heterocycles. The van der Waals surface area contributed by atoms with E-state index < -0.39 is 11.8 Å². The molecule has 2 atom stereocenters. The average molecular weight is 357 g/mol. The van der Waals surface area contributed by atoms with E-state index in [1.807, 2.05) is 72.8 Å². The lowest BCUT2D eigenvalue weighted by Gasteiger charge is -2.15. The van der Waals surface area contributed by atoms with Gasteiger partial charge in [0.1, 0.15) is 5.92 Å². The van der Waals surface area contributed by atoms with Crippen molar-refractivity contribution >= 4 is 28.8 Å². The lowest BCUT2D eigenvalue weighted by Crippen LogP contribution is -2.34. The molecule has 1 aliphatic rings.